The Morgan fingerprint density at radius 3 is 2.53 bits per heavy atom. The molecule has 0 aromatic heterocycles. The molecule has 0 heterocycles. The van der Waals surface area contributed by atoms with E-state index < -0.39 is 0 Å². The van der Waals surface area contributed by atoms with Crippen LogP contribution in [0.2, 0.25) is 5.02 Å². The zero-order valence-corrected chi connectivity index (χ0v) is 11.8. The molecule has 1 N–H and O–H groups in total. The van der Waals surface area contributed by atoms with Crippen LogP contribution in [0.4, 0.5) is 5.69 Å². The zero-order valence-electron chi connectivity index (χ0n) is 11.0. The number of halogens is 1. The third-order valence-corrected chi connectivity index (χ3v) is 3.16. The molecule has 1 rings (SSSR count). The second-order valence-corrected chi connectivity index (χ2v) is 4.94. The van der Waals surface area contributed by atoms with E-state index in [1.54, 1.807) is 0 Å². The normalized spacial score (nSPS) is 11.2. The van der Waals surface area contributed by atoms with Crippen LogP contribution in [0.25, 0.3) is 0 Å². The average Bonchev–Trinajstić information content (AvgIpc) is 2.30. The van der Waals surface area contributed by atoms with Crippen molar-refractivity contribution in [3.63, 3.8) is 0 Å². The smallest absolute Gasteiger partial charge is 0.0637 e. The number of nitrogens with one attached hydrogen (secondary N) is 1. The lowest BCUT2D eigenvalue weighted by atomic mass is 10.3. The molecule has 96 valence electrons. The molecule has 0 radical (unpaired) electrons. The minimum absolute atomic E-state index is 0.600. The predicted octanol–water partition coefficient (Wildman–Crippen LogP) is 3.87. The van der Waals surface area contributed by atoms with Gasteiger partial charge >= 0.3 is 0 Å². The van der Waals surface area contributed by atoms with Crippen LogP contribution in [-0.2, 0) is 0 Å². The summed E-state index contributed by atoms with van der Waals surface area (Å²) in [4.78, 5) is 2.48. The topological polar surface area (TPSA) is 15.3 Å². The van der Waals surface area contributed by atoms with Gasteiger partial charge in [-0.15, -0.1) is 0 Å². The Balaban J connectivity index is 2.38. The highest BCUT2D eigenvalue weighted by Gasteiger charge is 2.07. The van der Waals surface area contributed by atoms with Crippen molar-refractivity contribution in [1.82, 2.24) is 4.90 Å². The molecule has 0 atom stereocenters. The van der Waals surface area contributed by atoms with Crippen LogP contribution in [0.3, 0.4) is 0 Å². The summed E-state index contributed by atoms with van der Waals surface area (Å²) in [5.41, 5.74) is 1.02. The minimum Gasteiger partial charge on any atom is -0.383 e. The van der Waals surface area contributed by atoms with Gasteiger partial charge in [0.15, 0.2) is 0 Å². The first-order valence-corrected chi connectivity index (χ1v) is 6.75. The largest absolute Gasteiger partial charge is 0.383 e. The van der Waals surface area contributed by atoms with Gasteiger partial charge in [-0.25, -0.2) is 0 Å². The van der Waals surface area contributed by atoms with E-state index in [9.17, 15) is 0 Å². The fraction of sp³-hybridized carbons (Fsp3) is 0.571. The number of anilines is 1. The maximum atomic E-state index is 6.09. The lowest BCUT2D eigenvalue weighted by molar-refractivity contribution is 0.231. The van der Waals surface area contributed by atoms with Crippen molar-refractivity contribution in [3.8, 4) is 0 Å². The summed E-state index contributed by atoms with van der Waals surface area (Å²) in [6, 6.07) is 8.48. The Labute approximate surface area is 110 Å². The molecular weight excluding hydrogens is 232 g/mol. The molecule has 0 aliphatic carbocycles. The van der Waals surface area contributed by atoms with Crippen LogP contribution in [0, 0.1) is 0 Å². The predicted molar refractivity (Wildman–Crippen MR) is 76.9 cm³/mol. The minimum atomic E-state index is 0.600. The average molecular weight is 255 g/mol. The number of rotatable bonds is 7. The van der Waals surface area contributed by atoms with Gasteiger partial charge in [0.1, 0.15) is 0 Å². The molecule has 0 saturated carbocycles. The Bertz CT molecular complexity index is 326. The summed E-state index contributed by atoms with van der Waals surface area (Å²) in [5.74, 6) is 0. The number of nitrogens with zero attached hydrogens (tertiary/aromatic N) is 1. The Hall–Kier alpha value is -0.730. The third-order valence-electron chi connectivity index (χ3n) is 2.83. The fourth-order valence-electron chi connectivity index (χ4n) is 1.85. The molecule has 1 aromatic rings. The van der Waals surface area contributed by atoms with Crippen molar-refractivity contribution in [2.45, 2.75) is 33.2 Å². The second kappa shape index (κ2) is 7.57. The number of hydrogen-bond donors (Lipinski definition) is 1. The molecule has 0 spiro atoms. The molecule has 0 fully saturated rings. The second-order valence-electron chi connectivity index (χ2n) is 4.54. The Morgan fingerprint density at radius 1 is 1.24 bits per heavy atom. The van der Waals surface area contributed by atoms with Crippen molar-refractivity contribution < 1.29 is 0 Å². The summed E-state index contributed by atoms with van der Waals surface area (Å²) in [6.45, 7) is 9.84. The molecular formula is C14H23ClN2. The van der Waals surface area contributed by atoms with Crippen molar-refractivity contribution in [3.05, 3.63) is 29.3 Å². The van der Waals surface area contributed by atoms with Crippen LogP contribution >= 0.6 is 11.6 Å². The van der Waals surface area contributed by atoms with Crippen molar-refractivity contribution in [2.24, 2.45) is 0 Å². The molecule has 0 aliphatic heterocycles. The van der Waals surface area contributed by atoms with Gasteiger partial charge in [-0.05, 0) is 38.9 Å². The lowest BCUT2D eigenvalue weighted by Crippen LogP contribution is -2.35. The number of benzene rings is 1. The van der Waals surface area contributed by atoms with E-state index in [1.165, 1.54) is 6.42 Å². The van der Waals surface area contributed by atoms with Crippen molar-refractivity contribution in [1.29, 1.82) is 0 Å². The van der Waals surface area contributed by atoms with Gasteiger partial charge in [-0.1, -0.05) is 30.7 Å². The maximum Gasteiger partial charge on any atom is 0.0637 e. The van der Waals surface area contributed by atoms with Crippen LogP contribution in [0.5, 0.6) is 0 Å². The van der Waals surface area contributed by atoms with Crippen LogP contribution in [0.1, 0.15) is 27.2 Å². The van der Waals surface area contributed by atoms with E-state index in [-0.39, 0.29) is 0 Å². The standard InChI is InChI=1S/C14H23ClN2/c1-4-10-17(12(2)3)11-9-16-14-8-6-5-7-13(14)15/h5-8,12,16H,4,9-11H2,1-3H3. The van der Waals surface area contributed by atoms with Crippen LogP contribution < -0.4 is 5.32 Å². The molecule has 0 saturated heterocycles. The first-order valence-electron chi connectivity index (χ1n) is 6.37. The monoisotopic (exact) mass is 254 g/mol. The number of para-hydroxylation sites is 1. The fourth-order valence-corrected chi connectivity index (χ4v) is 2.06. The van der Waals surface area contributed by atoms with Gasteiger partial charge < -0.3 is 5.32 Å². The highest BCUT2D eigenvalue weighted by molar-refractivity contribution is 6.33. The van der Waals surface area contributed by atoms with Gasteiger partial charge in [0.05, 0.1) is 10.7 Å². The van der Waals surface area contributed by atoms with E-state index in [4.69, 9.17) is 11.6 Å². The van der Waals surface area contributed by atoms with E-state index in [0.717, 1.165) is 30.3 Å². The maximum absolute atomic E-state index is 6.09. The van der Waals surface area contributed by atoms with Crippen molar-refractivity contribution >= 4 is 17.3 Å². The molecule has 0 aliphatic rings. The highest BCUT2D eigenvalue weighted by Crippen LogP contribution is 2.19. The van der Waals surface area contributed by atoms with E-state index in [0.29, 0.717) is 6.04 Å². The zero-order chi connectivity index (χ0) is 12.7. The quantitative estimate of drug-likeness (QED) is 0.795. The van der Waals surface area contributed by atoms with Crippen LogP contribution in [0.15, 0.2) is 24.3 Å². The highest BCUT2D eigenvalue weighted by atomic mass is 35.5. The molecule has 0 amide bonds. The van der Waals surface area contributed by atoms with Gasteiger partial charge in [-0.2, -0.15) is 0 Å². The molecule has 0 unspecified atom stereocenters. The lowest BCUT2D eigenvalue weighted by Gasteiger charge is -2.26. The number of hydrogen-bond acceptors (Lipinski definition) is 2. The van der Waals surface area contributed by atoms with Gasteiger partial charge in [0, 0.05) is 19.1 Å². The summed E-state index contributed by atoms with van der Waals surface area (Å²) in [6.07, 6.45) is 1.20. The van der Waals surface area contributed by atoms with Gasteiger partial charge in [-0.3, -0.25) is 4.90 Å². The van der Waals surface area contributed by atoms with Gasteiger partial charge in [0.2, 0.25) is 0 Å². The summed E-state index contributed by atoms with van der Waals surface area (Å²) >= 11 is 6.09. The molecule has 2 nitrogen and oxygen atoms in total. The SMILES string of the molecule is CCCN(CCNc1ccccc1Cl)C(C)C. The molecule has 0 bridgehead atoms. The van der Waals surface area contributed by atoms with Crippen LogP contribution in [-0.4, -0.2) is 30.6 Å². The molecule has 17 heavy (non-hydrogen) atoms. The molecule has 3 heteroatoms. The summed E-state index contributed by atoms with van der Waals surface area (Å²) in [7, 11) is 0. The van der Waals surface area contributed by atoms with E-state index in [2.05, 4.69) is 31.0 Å². The molecule has 1 aromatic carbocycles. The third kappa shape index (κ3) is 4.97. The van der Waals surface area contributed by atoms with Crippen molar-refractivity contribution in [2.75, 3.05) is 25.0 Å². The summed E-state index contributed by atoms with van der Waals surface area (Å²) in [5, 5.41) is 4.17. The first kappa shape index (κ1) is 14.3. The Morgan fingerprint density at radius 2 is 1.94 bits per heavy atom. The first-order chi connectivity index (χ1) is 8.15. The summed E-state index contributed by atoms with van der Waals surface area (Å²) < 4.78 is 0. The van der Waals surface area contributed by atoms with E-state index in [1.807, 2.05) is 24.3 Å². The Kier molecular flexibility index (Phi) is 6.38. The van der Waals surface area contributed by atoms with Gasteiger partial charge in [0.25, 0.3) is 0 Å². The van der Waals surface area contributed by atoms with E-state index >= 15 is 0 Å².